The van der Waals surface area contributed by atoms with Crippen LogP contribution < -0.4 is 0 Å². The van der Waals surface area contributed by atoms with Gasteiger partial charge in [0, 0.05) is 24.9 Å². The van der Waals surface area contributed by atoms with Crippen molar-refractivity contribution in [3.8, 4) is 0 Å². The highest BCUT2D eigenvalue weighted by Gasteiger charge is 2.76. The van der Waals surface area contributed by atoms with Crippen molar-refractivity contribution in [2.75, 3.05) is 26.3 Å². The van der Waals surface area contributed by atoms with E-state index in [0.717, 1.165) is 12.8 Å². The largest absolute Gasteiger partial charge is 0.464 e. The Bertz CT molecular complexity index is 362. The molecular formula is C13H20FNO4. The van der Waals surface area contributed by atoms with Crippen LogP contribution in [0.3, 0.4) is 0 Å². The fraction of sp³-hybridized carbons (Fsp3) is 0.846. The summed E-state index contributed by atoms with van der Waals surface area (Å²) in [6, 6.07) is 0. The summed E-state index contributed by atoms with van der Waals surface area (Å²) in [6.07, 6.45) is 1.36. The maximum Gasteiger partial charge on any atom is 0.409 e. The van der Waals surface area contributed by atoms with Crippen molar-refractivity contribution < 1.29 is 23.5 Å². The Kier molecular flexibility index (Phi) is 3.96. The number of nitrogens with zero attached hydrogens (tertiary/aromatic N) is 1. The van der Waals surface area contributed by atoms with Crippen LogP contribution in [0.25, 0.3) is 0 Å². The molecule has 1 aliphatic carbocycles. The van der Waals surface area contributed by atoms with E-state index in [4.69, 9.17) is 9.47 Å². The van der Waals surface area contributed by atoms with Gasteiger partial charge >= 0.3 is 12.1 Å². The lowest BCUT2D eigenvalue weighted by atomic mass is 10.2. The van der Waals surface area contributed by atoms with Crippen LogP contribution in [0.2, 0.25) is 0 Å². The van der Waals surface area contributed by atoms with Gasteiger partial charge in [0.15, 0.2) is 0 Å². The first-order valence-electron chi connectivity index (χ1n) is 6.83. The number of hydrogen-bond acceptors (Lipinski definition) is 4. The Morgan fingerprint density at radius 2 is 1.89 bits per heavy atom. The summed E-state index contributed by atoms with van der Waals surface area (Å²) < 4.78 is 24.1. The van der Waals surface area contributed by atoms with Crippen molar-refractivity contribution >= 4 is 12.1 Å². The minimum absolute atomic E-state index is 0.173. The number of carbonyl (C=O) groups is 2. The second kappa shape index (κ2) is 5.35. The molecule has 0 N–H and O–H groups in total. The molecule has 0 radical (unpaired) electrons. The first-order valence-corrected chi connectivity index (χ1v) is 6.83. The smallest absolute Gasteiger partial charge is 0.409 e. The van der Waals surface area contributed by atoms with Crippen LogP contribution in [0, 0.1) is 11.8 Å². The number of fused-ring (bicyclic) bond motifs is 1. The highest BCUT2D eigenvalue weighted by Crippen LogP contribution is 2.58. The molecule has 1 amide bonds. The molecule has 6 heteroatoms. The molecule has 2 aliphatic rings. The highest BCUT2D eigenvalue weighted by atomic mass is 19.1. The number of carbonyl (C=O) groups excluding carboxylic acids is 2. The van der Waals surface area contributed by atoms with E-state index in [0.29, 0.717) is 6.61 Å². The lowest BCUT2D eigenvalue weighted by molar-refractivity contribution is -0.153. The molecule has 5 nitrogen and oxygen atoms in total. The Morgan fingerprint density at radius 3 is 2.42 bits per heavy atom. The molecule has 0 aromatic carbocycles. The van der Waals surface area contributed by atoms with E-state index in [-0.39, 0.29) is 19.7 Å². The third-order valence-electron chi connectivity index (χ3n) is 3.86. The molecule has 1 saturated heterocycles. The van der Waals surface area contributed by atoms with Crippen molar-refractivity contribution in [1.29, 1.82) is 0 Å². The van der Waals surface area contributed by atoms with E-state index < -0.39 is 29.6 Å². The fourth-order valence-electron chi connectivity index (χ4n) is 2.66. The average Bonchev–Trinajstić information content (AvgIpc) is 2.79. The number of piperidine rings is 1. The number of rotatable bonds is 5. The number of amides is 1. The highest BCUT2D eigenvalue weighted by molar-refractivity contribution is 5.85. The molecular weight excluding hydrogens is 253 g/mol. The molecule has 2 rings (SSSR count). The zero-order valence-electron chi connectivity index (χ0n) is 11.4. The third-order valence-corrected chi connectivity index (χ3v) is 3.86. The number of alkyl halides is 1. The zero-order chi connectivity index (χ0) is 14.0. The minimum atomic E-state index is -1.88. The first-order chi connectivity index (χ1) is 9.05. The summed E-state index contributed by atoms with van der Waals surface area (Å²) >= 11 is 0. The van der Waals surface area contributed by atoms with Crippen molar-refractivity contribution in [3.63, 3.8) is 0 Å². The molecule has 1 aliphatic heterocycles. The molecule has 2 atom stereocenters. The maximum atomic E-state index is 14.3. The Labute approximate surface area is 112 Å². The predicted octanol–water partition coefficient (Wildman–Crippen LogP) is 1.76. The molecule has 0 bridgehead atoms. The van der Waals surface area contributed by atoms with Crippen molar-refractivity contribution in [2.24, 2.45) is 11.8 Å². The Balaban J connectivity index is 1.80. The van der Waals surface area contributed by atoms with E-state index in [2.05, 4.69) is 0 Å². The molecule has 2 fully saturated rings. The Hall–Kier alpha value is -1.33. The SMILES string of the molecule is CCCCOC(=O)N1CC2C(C1)C2(F)C(=O)OCC. The van der Waals surface area contributed by atoms with Gasteiger partial charge in [0.05, 0.1) is 13.2 Å². The van der Waals surface area contributed by atoms with Crippen molar-refractivity contribution in [2.45, 2.75) is 32.4 Å². The summed E-state index contributed by atoms with van der Waals surface area (Å²) in [5, 5.41) is 0. The van der Waals surface area contributed by atoms with Crippen LogP contribution in [0.15, 0.2) is 0 Å². The zero-order valence-corrected chi connectivity index (χ0v) is 11.4. The van der Waals surface area contributed by atoms with Gasteiger partial charge in [-0.3, -0.25) is 0 Å². The summed E-state index contributed by atoms with van der Waals surface area (Å²) in [4.78, 5) is 24.6. The van der Waals surface area contributed by atoms with Gasteiger partial charge in [0.25, 0.3) is 0 Å². The topological polar surface area (TPSA) is 55.8 Å². The summed E-state index contributed by atoms with van der Waals surface area (Å²) in [7, 11) is 0. The first kappa shape index (κ1) is 14.1. The molecule has 2 unspecified atom stereocenters. The summed E-state index contributed by atoms with van der Waals surface area (Å²) in [5.74, 6) is -1.64. The van der Waals surface area contributed by atoms with E-state index >= 15 is 0 Å². The number of likely N-dealkylation sites (tertiary alicyclic amines) is 1. The van der Waals surface area contributed by atoms with Gasteiger partial charge < -0.3 is 14.4 Å². The van der Waals surface area contributed by atoms with E-state index in [1.54, 1.807) is 6.92 Å². The van der Waals surface area contributed by atoms with Crippen molar-refractivity contribution in [1.82, 2.24) is 4.90 Å². The van der Waals surface area contributed by atoms with Crippen LogP contribution in [-0.2, 0) is 14.3 Å². The van der Waals surface area contributed by atoms with Gasteiger partial charge in [-0.2, -0.15) is 0 Å². The summed E-state index contributed by atoms with van der Waals surface area (Å²) in [6.45, 7) is 4.70. The molecule has 19 heavy (non-hydrogen) atoms. The quantitative estimate of drug-likeness (QED) is 0.565. The Morgan fingerprint density at radius 1 is 1.26 bits per heavy atom. The van der Waals surface area contributed by atoms with Gasteiger partial charge in [0.2, 0.25) is 5.67 Å². The van der Waals surface area contributed by atoms with Gasteiger partial charge in [-0.25, -0.2) is 14.0 Å². The van der Waals surface area contributed by atoms with Gasteiger partial charge in [-0.1, -0.05) is 13.3 Å². The summed E-state index contributed by atoms with van der Waals surface area (Å²) in [5.41, 5.74) is -1.88. The van der Waals surface area contributed by atoms with E-state index in [1.165, 1.54) is 4.90 Å². The second-order valence-corrected chi connectivity index (χ2v) is 5.07. The standard InChI is InChI=1S/C13H20FNO4/c1-3-5-6-19-12(17)15-7-9-10(8-15)13(9,14)11(16)18-4-2/h9-10H,3-8H2,1-2H3. The molecule has 0 aromatic rings. The van der Waals surface area contributed by atoms with Gasteiger partial charge in [0.1, 0.15) is 0 Å². The molecule has 0 aromatic heterocycles. The number of esters is 1. The van der Waals surface area contributed by atoms with Gasteiger partial charge in [-0.05, 0) is 13.3 Å². The lowest BCUT2D eigenvalue weighted by Gasteiger charge is -2.21. The van der Waals surface area contributed by atoms with Crippen LogP contribution in [-0.4, -0.2) is 48.9 Å². The normalized spacial score (nSPS) is 31.8. The molecule has 0 spiro atoms. The molecule has 1 heterocycles. The van der Waals surface area contributed by atoms with Crippen LogP contribution in [0.5, 0.6) is 0 Å². The third kappa shape index (κ3) is 2.40. The number of unbranched alkanes of at least 4 members (excludes halogenated alkanes) is 1. The number of hydrogen-bond donors (Lipinski definition) is 0. The number of halogens is 1. The average molecular weight is 273 g/mol. The predicted molar refractivity (Wildman–Crippen MR) is 65.3 cm³/mol. The molecule has 108 valence electrons. The van der Waals surface area contributed by atoms with E-state index in [1.807, 2.05) is 6.92 Å². The van der Waals surface area contributed by atoms with Crippen LogP contribution in [0.4, 0.5) is 9.18 Å². The second-order valence-electron chi connectivity index (χ2n) is 5.07. The van der Waals surface area contributed by atoms with Crippen molar-refractivity contribution in [3.05, 3.63) is 0 Å². The lowest BCUT2D eigenvalue weighted by Crippen LogP contribution is -2.38. The molecule has 1 saturated carbocycles. The van der Waals surface area contributed by atoms with E-state index in [9.17, 15) is 14.0 Å². The fourth-order valence-corrected chi connectivity index (χ4v) is 2.66. The van der Waals surface area contributed by atoms with Crippen LogP contribution >= 0.6 is 0 Å². The maximum absolute atomic E-state index is 14.3. The minimum Gasteiger partial charge on any atom is -0.464 e. The van der Waals surface area contributed by atoms with Gasteiger partial charge in [-0.15, -0.1) is 0 Å². The monoisotopic (exact) mass is 273 g/mol. The number of ether oxygens (including phenoxy) is 2. The van der Waals surface area contributed by atoms with Crippen LogP contribution in [0.1, 0.15) is 26.7 Å².